The number of hydrogen-bond donors (Lipinski definition) is 4. The van der Waals surface area contributed by atoms with Crippen LogP contribution in [0.3, 0.4) is 0 Å². The number of benzene rings is 1. The third kappa shape index (κ3) is 5.16. The van der Waals surface area contributed by atoms with Crippen LogP contribution in [0.25, 0.3) is 10.9 Å². The van der Waals surface area contributed by atoms with E-state index in [4.69, 9.17) is 0 Å². The van der Waals surface area contributed by atoms with Crippen LogP contribution in [-0.4, -0.2) is 46.1 Å². The number of carbonyl (C=O) groups is 2. The van der Waals surface area contributed by atoms with E-state index in [1.54, 1.807) is 0 Å². The van der Waals surface area contributed by atoms with E-state index >= 15 is 0 Å². The van der Waals surface area contributed by atoms with Gasteiger partial charge in [-0.1, -0.05) is 6.07 Å². The maximum atomic E-state index is 13.3. The molecule has 0 aliphatic heterocycles. The van der Waals surface area contributed by atoms with Crippen molar-refractivity contribution in [3.63, 3.8) is 0 Å². The third-order valence-electron chi connectivity index (χ3n) is 4.17. The van der Waals surface area contributed by atoms with Crippen LogP contribution >= 0.6 is 11.8 Å². The first-order valence-corrected chi connectivity index (χ1v) is 9.56. The summed E-state index contributed by atoms with van der Waals surface area (Å²) in [6.45, 7) is 0. The first kappa shape index (κ1) is 21.1. The molecule has 1 heterocycles. The number of H-pyrrole nitrogens is 1. The highest BCUT2D eigenvalue weighted by Crippen LogP contribution is 2.36. The van der Waals surface area contributed by atoms with Gasteiger partial charge >= 0.3 is 12.1 Å². The summed E-state index contributed by atoms with van der Waals surface area (Å²) in [6, 6.07) is 1.73. The summed E-state index contributed by atoms with van der Waals surface area (Å²) in [6.07, 6.45) is -1.15. The highest BCUT2D eigenvalue weighted by molar-refractivity contribution is 7.98. The third-order valence-corrected chi connectivity index (χ3v) is 4.82. The van der Waals surface area contributed by atoms with E-state index in [2.05, 4.69) is 16.0 Å². The fourth-order valence-corrected chi connectivity index (χ4v) is 3.27. The summed E-state index contributed by atoms with van der Waals surface area (Å²) in [5, 5.41) is 11.7. The van der Waals surface area contributed by atoms with E-state index in [1.165, 1.54) is 30.1 Å². The van der Waals surface area contributed by atoms with Gasteiger partial charge in [-0.3, -0.25) is 4.79 Å². The number of carboxylic acids is 1. The fourth-order valence-electron chi connectivity index (χ4n) is 2.75. The van der Waals surface area contributed by atoms with Crippen LogP contribution in [0.5, 0.6) is 0 Å². The van der Waals surface area contributed by atoms with E-state index in [1.807, 2.05) is 6.26 Å². The van der Waals surface area contributed by atoms with Crippen molar-refractivity contribution in [2.45, 2.75) is 31.1 Å². The number of carboxylic acid groups (broad SMARTS) is 1. The Hall–Kier alpha value is -2.20. The van der Waals surface area contributed by atoms with Crippen LogP contribution in [0.15, 0.2) is 24.4 Å². The maximum absolute atomic E-state index is 13.3. The van der Waals surface area contributed by atoms with E-state index in [0.29, 0.717) is 12.2 Å². The number of halogens is 3. The molecule has 6 N–H and O–H groups in total. The van der Waals surface area contributed by atoms with Gasteiger partial charge in [0.1, 0.15) is 6.04 Å². The number of nitrogens with one attached hydrogen (secondary N) is 2. The molecule has 0 aliphatic carbocycles. The molecule has 2 rings (SSSR count). The number of aliphatic carboxylic acids is 1. The normalized spacial score (nSPS) is 14.1. The van der Waals surface area contributed by atoms with Crippen molar-refractivity contribution in [3.8, 4) is 0 Å². The summed E-state index contributed by atoms with van der Waals surface area (Å²) in [4.78, 5) is 26.4. The molecular formula is C17H21F3N3O3S+. The Kier molecular flexibility index (Phi) is 6.77. The zero-order valence-electron chi connectivity index (χ0n) is 14.6. The summed E-state index contributed by atoms with van der Waals surface area (Å²) >= 11 is 1.53. The molecule has 148 valence electrons. The molecule has 0 fully saturated rings. The monoisotopic (exact) mass is 404 g/mol. The minimum absolute atomic E-state index is 0.0842. The van der Waals surface area contributed by atoms with Gasteiger partial charge < -0.3 is 21.1 Å². The molecule has 0 saturated carbocycles. The standard InChI is InChI=1S/C17H20F3N3O3S/c1-27-6-5-11(21)15(24)23-13(16(25)26)7-9-8-22-12-4-2-3-10(14(9)12)17(18,19)20/h2-4,8,11,13,22H,5-7,21H2,1H3,(H,23,24)(H,25,26)/p+1/t11-,13-/m0/s1. The van der Waals surface area contributed by atoms with Crippen LogP contribution in [-0.2, 0) is 22.2 Å². The summed E-state index contributed by atoms with van der Waals surface area (Å²) in [7, 11) is 0. The molecule has 2 aromatic rings. The molecule has 10 heteroatoms. The van der Waals surface area contributed by atoms with Crippen LogP contribution in [0.2, 0.25) is 0 Å². The van der Waals surface area contributed by atoms with E-state index < -0.39 is 35.7 Å². The molecule has 1 amide bonds. The predicted molar refractivity (Wildman–Crippen MR) is 96.2 cm³/mol. The van der Waals surface area contributed by atoms with Gasteiger partial charge in [0.25, 0.3) is 5.91 Å². The number of rotatable bonds is 8. The summed E-state index contributed by atoms with van der Waals surface area (Å²) in [5.74, 6) is -1.16. The average molecular weight is 404 g/mol. The Morgan fingerprint density at radius 3 is 2.67 bits per heavy atom. The molecule has 1 aromatic heterocycles. The second-order valence-corrected chi connectivity index (χ2v) is 7.11. The predicted octanol–water partition coefficient (Wildman–Crippen LogP) is 1.66. The van der Waals surface area contributed by atoms with Crippen molar-refractivity contribution in [2.75, 3.05) is 12.0 Å². The second-order valence-electron chi connectivity index (χ2n) is 6.12. The van der Waals surface area contributed by atoms with Gasteiger partial charge in [0.05, 0.1) is 5.56 Å². The number of thioether (sulfide) groups is 1. The highest BCUT2D eigenvalue weighted by atomic mass is 32.2. The minimum atomic E-state index is -4.57. The lowest BCUT2D eigenvalue weighted by Gasteiger charge is -2.17. The first-order valence-electron chi connectivity index (χ1n) is 8.16. The Morgan fingerprint density at radius 2 is 2.07 bits per heavy atom. The second kappa shape index (κ2) is 8.66. The van der Waals surface area contributed by atoms with Gasteiger partial charge in [-0.25, -0.2) is 4.79 Å². The molecule has 0 bridgehead atoms. The zero-order valence-corrected chi connectivity index (χ0v) is 15.4. The number of quaternary nitrogens is 1. The zero-order chi connectivity index (χ0) is 20.2. The smallest absolute Gasteiger partial charge is 0.417 e. The Balaban J connectivity index is 2.27. The number of hydrogen-bond acceptors (Lipinski definition) is 3. The number of alkyl halides is 3. The minimum Gasteiger partial charge on any atom is -0.480 e. The summed E-state index contributed by atoms with van der Waals surface area (Å²) < 4.78 is 39.9. The lowest BCUT2D eigenvalue weighted by atomic mass is 10.0. The topological polar surface area (TPSA) is 110 Å². The molecular weight excluding hydrogens is 383 g/mol. The number of aromatic nitrogens is 1. The highest BCUT2D eigenvalue weighted by Gasteiger charge is 2.34. The van der Waals surface area contributed by atoms with Crippen LogP contribution < -0.4 is 11.1 Å². The molecule has 0 saturated heterocycles. The van der Waals surface area contributed by atoms with Gasteiger partial charge in [-0.05, 0) is 29.7 Å². The molecule has 27 heavy (non-hydrogen) atoms. The Labute approximate surface area is 157 Å². The van der Waals surface area contributed by atoms with E-state index in [0.717, 1.165) is 6.07 Å². The molecule has 1 aromatic carbocycles. The van der Waals surface area contributed by atoms with Crippen molar-refractivity contribution >= 4 is 34.5 Å². The van der Waals surface area contributed by atoms with Crippen molar-refractivity contribution in [2.24, 2.45) is 0 Å². The van der Waals surface area contributed by atoms with Crippen molar-refractivity contribution < 1.29 is 33.6 Å². The van der Waals surface area contributed by atoms with Gasteiger partial charge in [0.2, 0.25) is 0 Å². The van der Waals surface area contributed by atoms with E-state index in [-0.39, 0.29) is 22.9 Å². The molecule has 6 nitrogen and oxygen atoms in total. The van der Waals surface area contributed by atoms with Crippen molar-refractivity contribution in [1.82, 2.24) is 10.3 Å². The van der Waals surface area contributed by atoms with Crippen molar-refractivity contribution in [1.29, 1.82) is 0 Å². The number of amides is 1. The first-order chi connectivity index (χ1) is 12.6. The largest absolute Gasteiger partial charge is 0.480 e. The van der Waals surface area contributed by atoms with Crippen molar-refractivity contribution in [3.05, 3.63) is 35.5 Å². The van der Waals surface area contributed by atoms with Gasteiger partial charge in [0.15, 0.2) is 6.04 Å². The molecule has 0 unspecified atom stereocenters. The fraction of sp³-hybridized carbons (Fsp3) is 0.412. The Morgan fingerprint density at radius 1 is 1.37 bits per heavy atom. The quantitative estimate of drug-likeness (QED) is 0.536. The molecule has 0 spiro atoms. The van der Waals surface area contributed by atoms with E-state index in [9.17, 15) is 27.9 Å². The van der Waals surface area contributed by atoms with Crippen LogP contribution in [0, 0.1) is 0 Å². The maximum Gasteiger partial charge on any atom is 0.417 e. The molecule has 0 aliphatic rings. The summed E-state index contributed by atoms with van der Waals surface area (Å²) in [5.41, 5.74) is 3.29. The number of carbonyl (C=O) groups excluding carboxylic acids is 1. The number of fused-ring (bicyclic) bond motifs is 1. The lowest BCUT2D eigenvalue weighted by Crippen LogP contribution is -2.68. The SMILES string of the molecule is CSCC[C@H]([NH3+])C(=O)N[C@@H](Cc1c[nH]c2cccc(C(F)(F)F)c12)C(=O)O. The van der Waals surface area contributed by atoms with Crippen LogP contribution in [0.4, 0.5) is 13.2 Å². The number of aromatic amines is 1. The van der Waals surface area contributed by atoms with Gasteiger partial charge in [-0.15, -0.1) is 0 Å². The Bertz CT molecular complexity index is 823. The molecule has 2 atom stereocenters. The van der Waals surface area contributed by atoms with Crippen LogP contribution in [0.1, 0.15) is 17.5 Å². The average Bonchev–Trinajstić information content (AvgIpc) is 3.00. The lowest BCUT2D eigenvalue weighted by molar-refractivity contribution is -0.404. The van der Waals surface area contributed by atoms with Gasteiger partial charge in [0, 0.05) is 29.9 Å². The molecule has 0 radical (unpaired) electrons. The van der Waals surface area contributed by atoms with Gasteiger partial charge in [-0.2, -0.15) is 24.9 Å².